The van der Waals surface area contributed by atoms with Crippen molar-refractivity contribution in [2.24, 2.45) is 12.0 Å². The standard InChI is InChI=1S/C14H25Cl2N5.HI/c1-5-17-14(18-7-8-20(3)6-2)19-10-11-9-12(15)13(16)21(11)4;/h9H,5-8,10H2,1-4H3,(H2,17,18,19);1H. The molecular formula is C14H26Cl2IN5. The second kappa shape index (κ2) is 11.4. The van der Waals surface area contributed by atoms with Crippen molar-refractivity contribution >= 4 is 53.1 Å². The lowest BCUT2D eigenvalue weighted by Gasteiger charge is -2.16. The highest BCUT2D eigenvalue weighted by Gasteiger charge is 2.08. The molecule has 0 unspecified atom stereocenters. The zero-order chi connectivity index (χ0) is 15.8. The van der Waals surface area contributed by atoms with Crippen LogP contribution >= 0.6 is 47.2 Å². The van der Waals surface area contributed by atoms with Crippen LogP contribution in [0.1, 0.15) is 19.5 Å². The van der Waals surface area contributed by atoms with Crippen LogP contribution in [-0.2, 0) is 13.6 Å². The van der Waals surface area contributed by atoms with Crippen LogP contribution < -0.4 is 10.6 Å². The summed E-state index contributed by atoms with van der Waals surface area (Å²) < 4.78 is 1.85. The SMILES string of the molecule is CCNC(=NCc1cc(Cl)c(Cl)n1C)NCCN(C)CC.I. The topological polar surface area (TPSA) is 44.6 Å². The van der Waals surface area contributed by atoms with Gasteiger partial charge in [-0.2, -0.15) is 0 Å². The Morgan fingerprint density at radius 1 is 1.32 bits per heavy atom. The molecule has 2 N–H and O–H groups in total. The Balaban J connectivity index is 0.00000441. The van der Waals surface area contributed by atoms with Gasteiger partial charge in [-0.25, -0.2) is 4.99 Å². The zero-order valence-electron chi connectivity index (χ0n) is 13.6. The second-order valence-corrected chi connectivity index (χ2v) is 5.62. The summed E-state index contributed by atoms with van der Waals surface area (Å²) in [5.74, 6) is 0.801. The van der Waals surface area contributed by atoms with E-state index >= 15 is 0 Å². The van der Waals surface area contributed by atoms with Gasteiger partial charge in [-0.15, -0.1) is 24.0 Å². The third-order valence-electron chi connectivity index (χ3n) is 3.28. The number of aromatic nitrogens is 1. The van der Waals surface area contributed by atoms with Gasteiger partial charge in [-0.3, -0.25) is 0 Å². The van der Waals surface area contributed by atoms with Crippen molar-refractivity contribution in [1.82, 2.24) is 20.1 Å². The summed E-state index contributed by atoms with van der Waals surface area (Å²) in [7, 11) is 3.98. The summed E-state index contributed by atoms with van der Waals surface area (Å²) in [5.41, 5.74) is 0.980. The molecule has 0 aromatic carbocycles. The van der Waals surface area contributed by atoms with Crippen LogP contribution in [0.25, 0.3) is 0 Å². The zero-order valence-corrected chi connectivity index (χ0v) is 17.5. The van der Waals surface area contributed by atoms with E-state index in [-0.39, 0.29) is 24.0 Å². The summed E-state index contributed by atoms with van der Waals surface area (Å²) in [5, 5.41) is 7.66. The normalized spacial score (nSPS) is 11.5. The van der Waals surface area contributed by atoms with Crippen molar-refractivity contribution in [3.8, 4) is 0 Å². The molecular weight excluding hydrogens is 436 g/mol. The lowest BCUT2D eigenvalue weighted by Crippen LogP contribution is -2.41. The van der Waals surface area contributed by atoms with Gasteiger partial charge in [0.2, 0.25) is 0 Å². The number of nitrogens with zero attached hydrogens (tertiary/aromatic N) is 3. The monoisotopic (exact) mass is 461 g/mol. The highest BCUT2D eigenvalue weighted by molar-refractivity contribution is 14.0. The number of rotatable bonds is 7. The number of nitrogens with one attached hydrogen (secondary N) is 2. The third kappa shape index (κ3) is 6.93. The van der Waals surface area contributed by atoms with Crippen molar-refractivity contribution in [2.45, 2.75) is 20.4 Å². The van der Waals surface area contributed by atoms with Crippen LogP contribution in [0.2, 0.25) is 10.2 Å². The molecule has 1 aromatic heterocycles. The minimum Gasteiger partial charge on any atom is -0.357 e. The third-order valence-corrected chi connectivity index (χ3v) is 4.13. The summed E-state index contributed by atoms with van der Waals surface area (Å²) in [6.07, 6.45) is 0. The van der Waals surface area contributed by atoms with E-state index in [4.69, 9.17) is 23.2 Å². The molecule has 1 rings (SSSR count). The molecule has 1 heterocycles. The molecule has 22 heavy (non-hydrogen) atoms. The maximum absolute atomic E-state index is 6.06. The fourth-order valence-corrected chi connectivity index (χ4v) is 2.18. The molecule has 8 heteroatoms. The smallest absolute Gasteiger partial charge is 0.191 e. The van der Waals surface area contributed by atoms with Crippen LogP contribution in [0.3, 0.4) is 0 Å². The predicted octanol–water partition coefficient (Wildman–Crippen LogP) is 2.96. The average molecular weight is 462 g/mol. The molecule has 1 aromatic rings. The molecule has 0 aliphatic heterocycles. The van der Waals surface area contributed by atoms with Crippen molar-refractivity contribution in [1.29, 1.82) is 0 Å². The van der Waals surface area contributed by atoms with Gasteiger partial charge in [0, 0.05) is 32.4 Å². The van der Waals surface area contributed by atoms with E-state index in [9.17, 15) is 0 Å². The molecule has 0 saturated carbocycles. The van der Waals surface area contributed by atoms with E-state index < -0.39 is 0 Å². The number of hydrogen-bond acceptors (Lipinski definition) is 2. The van der Waals surface area contributed by atoms with Crippen molar-refractivity contribution < 1.29 is 0 Å². The molecule has 0 radical (unpaired) electrons. The predicted molar refractivity (Wildman–Crippen MR) is 107 cm³/mol. The van der Waals surface area contributed by atoms with E-state index in [2.05, 4.69) is 34.5 Å². The van der Waals surface area contributed by atoms with Gasteiger partial charge in [-0.05, 0) is 26.6 Å². The molecule has 0 aliphatic carbocycles. The molecule has 0 atom stereocenters. The molecule has 0 amide bonds. The van der Waals surface area contributed by atoms with Gasteiger partial charge in [0.05, 0.1) is 11.6 Å². The molecule has 128 valence electrons. The van der Waals surface area contributed by atoms with Crippen LogP contribution in [0.4, 0.5) is 0 Å². The van der Waals surface area contributed by atoms with Crippen LogP contribution in [0.5, 0.6) is 0 Å². The Morgan fingerprint density at radius 3 is 2.50 bits per heavy atom. The molecule has 5 nitrogen and oxygen atoms in total. The van der Waals surface area contributed by atoms with Gasteiger partial charge in [0.15, 0.2) is 5.96 Å². The summed E-state index contributed by atoms with van der Waals surface area (Å²) >= 11 is 12.1. The summed E-state index contributed by atoms with van der Waals surface area (Å²) in [6.45, 7) is 8.41. The maximum Gasteiger partial charge on any atom is 0.191 e. The molecule has 0 aliphatic rings. The van der Waals surface area contributed by atoms with E-state index in [0.29, 0.717) is 16.7 Å². The molecule has 0 spiro atoms. The highest BCUT2D eigenvalue weighted by atomic mass is 127. The van der Waals surface area contributed by atoms with E-state index in [1.165, 1.54) is 0 Å². The Bertz CT molecular complexity index is 476. The van der Waals surface area contributed by atoms with Crippen molar-refractivity contribution in [3.63, 3.8) is 0 Å². The quantitative estimate of drug-likeness (QED) is 0.372. The molecule has 0 bridgehead atoms. The van der Waals surface area contributed by atoms with Crippen LogP contribution in [0.15, 0.2) is 11.1 Å². The Labute approximate surface area is 160 Å². The first-order chi connectivity index (χ1) is 9.99. The number of hydrogen-bond donors (Lipinski definition) is 2. The van der Waals surface area contributed by atoms with Gasteiger partial charge < -0.3 is 20.1 Å². The Morgan fingerprint density at radius 2 is 2.00 bits per heavy atom. The van der Waals surface area contributed by atoms with E-state index in [1.807, 2.05) is 24.6 Å². The number of guanidine groups is 1. The average Bonchev–Trinajstić information content (AvgIpc) is 2.71. The minimum atomic E-state index is 0. The molecule has 0 fully saturated rings. The second-order valence-electron chi connectivity index (χ2n) is 4.85. The lowest BCUT2D eigenvalue weighted by molar-refractivity contribution is 0.357. The van der Waals surface area contributed by atoms with Gasteiger partial charge in [0.1, 0.15) is 5.15 Å². The van der Waals surface area contributed by atoms with E-state index in [0.717, 1.165) is 37.8 Å². The molecule has 0 saturated heterocycles. The lowest BCUT2D eigenvalue weighted by atomic mass is 10.4. The maximum atomic E-state index is 6.06. The summed E-state index contributed by atoms with van der Waals surface area (Å²) in [4.78, 5) is 6.80. The first-order valence-corrected chi connectivity index (χ1v) is 7.95. The Hall–Kier alpha value is -0.180. The number of likely N-dealkylation sites (N-methyl/N-ethyl adjacent to an activating group) is 1. The van der Waals surface area contributed by atoms with Gasteiger partial charge in [-0.1, -0.05) is 30.1 Å². The number of aliphatic imine (C=N–C) groups is 1. The van der Waals surface area contributed by atoms with Gasteiger partial charge >= 0.3 is 0 Å². The number of halogens is 3. The summed E-state index contributed by atoms with van der Waals surface area (Å²) in [6, 6.07) is 1.85. The van der Waals surface area contributed by atoms with Crippen LogP contribution in [0, 0.1) is 0 Å². The first kappa shape index (κ1) is 21.8. The highest BCUT2D eigenvalue weighted by Crippen LogP contribution is 2.25. The van der Waals surface area contributed by atoms with Crippen molar-refractivity contribution in [3.05, 3.63) is 21.9 Å². The van der Waals surface area contributed by atoms with E-state index in [1.54, 1.807) is 0 Å². The Kier molecular flexibility index (Phi) is 11.3. The largest absolute Gasteiger partial charge is 0.357 e. The van der Waals surface area contributed by atoms with Crippen molar-refractivity contribution in [2.75, 3.05) is 33.2 Å². The van der Waals surface area contributed by atoms with Gasteiger partial charge in [0.25, 0.3) is 0 Å². The fourth-order valence-electron chi connectivity index (χ4n) is 1.77. The fraction of sp³-hybridized carbons (Fsp3) is 0.643. The minimum absolute atomic E-state index is 0. The van der Waals surface area contributed by atoms with Crippen LogP contribution in [-0.4, -0.2) is 48.7 Å². The first-order valence-electron chi connectivity index (χ1n) is 7.19.